The molecule has 3 amide bonds. The van der Waals surface area contributed by atoms with Gasteiger partial charge in [0, 0.05) is 51.4 Å². The van der Waals surface area contributed by atoms with Crippen molar-refractivity contribution in [3.05, 3.63) is 60.2 Å². The van der Waals surface area contributed by atoms with Gasteiger partial charge in [0.2, 0.25) is 17.7 Å². The van der Waals surface area contributed by atoms with Crippen molar-refractivity contribution < 1.29 is 37.5 Å². The monoisotopic (exact) mass is 840 g/mol. The summed E-state index contributed by atoms with van der Waals surface area (Å²) < 4.78 is 31.7. The molecular formula is C44H63F3N8O5. The number of pyridine rings is 2. The first-order chi connectivity index (χ1) is 27.8. The minimum Gasteiger partial charge on any atom is -0.475 e. The molecule has 2 aliphatic carbocycles. The Morgan fingerprint density at radius 3 is 1.40 bits per heavy atom. The van der Waals surface area contributed by atoms with Gasteiger partial charge in [-0.3, -0.25) is 34.2 Å². The van der Waals surface area contributed by atoms with Crippen molar-refractivity contribution in [3.63, 3.8) is 0 Å². The van der Waals surface area contributed by atoms with Gasteiger partial charge in [-0.25, -0.2) is 4.79 Å². The number of amides is 3. The lowest BCUT2D eigenvalue weighted by molar-refractivity contribution is -0.192. The van der Waals surface area contributed by atoms with Gasteiger partial charge in [-0.15, -0.1) is 0 Å². The second-order valence-electron chi connectivity index (χ2n) is 19.2. The Bertz CT molecular complexity index is 1860. The van der Waals surface area contributed by atoms with Crippen LogP contribution in [0.1, 0.15) is 103 Å². The molecule has 60 heavy (non-hydrogen) atoms. The summed E-state index contributed by atoms with van der Waals surface area (Å²) >= 11 is 0. The number of nitriles is 1. The Labute approximate surface area is 352 Å². The number of nitrogens with two attached hydrogens (primary N) is 1. The largest absolute Gasteiger partial charge is 0.490 e. The SMILES string of the molecule is CN(C)C1(c2ccccn2)CCC2(CC1)CC(=O)N(CC(C)(C)C#N)C2.CN(C)C1(c2ccccn2)CCC2(CC1)CC(=O)N(CC(C)(C)C(N)=O)C2.O=C(O)C(F)(F)F. The summed E-state index contributed by atoms with van der Waals surface area (Å²) in [5, 5.41) is 16.4. The van der Waals surface area contributed by atoms with Crippen molar-refractivity contribution in [2.45, 2.75) is 109 Å². The van der Waals surface area contributed by atoms with E-state index < -0.39 is 23.0 Å². The van der Waals surface area contributed by atoms with Crippen LogP contribution in [0, 0.1) is 33.0 Å². The number of rotatable bonds is 9. The molecule has 13 nitrogen and oxygen atoms in total. The van der Waals surface area contributed by atoms with Crippen LogP contribution in [-0.2, 0) is 30.3 Å². The number of hydrogen-bond acceptors (Lipinski definition) is 9. The van der Waals surface area contributed by atoms with Crippen molar-refractivity contribution in [1.29, 1.82) is 5.26 Å². The number of halogens is 3. The van der Waals surface area contributed by atoms with Gasteiger partial charge < -0.3 is 20.6 Å². The lowest BCUT2D eigenvalue weighted by Gasteiger charge is -2.48. The molecule has 0 radical (unpaired) electrons. The molecular weight excluding hydrogens is 778 g/mol. The molecule has 2 aliphatic heterocycles. The number of aromatic nitrogens is 2. The summed E-state index contributed by atoms with van der Waals surface area (Å²) in [5.41, 5.74) is 6.52. The first-order valence-corrected chi connectivity index (χ1v) is 20.5. The third kappa shape index (κ3) is 10.8. The highest BCUT2D eigenvalue weighted by molar-refractivity contribution is 5.83. The van der Waals surface area contributed by atoms with Gasteiger partial charge in [-0.2, -0.15) is 18.4 Å². The van der Waals surface area contributed by atoms with E-state index >= 15 is 0 Å². The van der Waals surface area contributed by atoms with Crippen LogP contribution in [0.15, 0.2) is 48.8 Å². The highest BCUT2D eigenvalue weighted by Crippen LogP contribution is 2.53. The van der Waals surface area contributed by atoms with Gasteiger partial charge in [-0.05, 0) is 142 Å². The van der Waals surface area contributed by atoms with Crippen LogP contribution in [0.2, 0.25) is 0 Å². The van der Waals surface area contributed by atoms with E-state index in [-0.39, 0.29) is 39.6 Å². The molecule has 0 aromatic carbocycles. The second kappa shape index (κ2) is 18.2. The first kappa shape index (κ1) is 48.1. The Hall–Kier alpha value is -4.62. The van der Waals surface area contributed by atoms with Crippen LogP contribution in [0.5, 0.6) is 0 Å². The predicted octanol–water partition coefficient (Wildman–Crippen LogP) is 5.96. The van der Waals surface area contributed by atoms with Gasteiger partial charge in [0.1, 0.15) is 0 Å². The zero-order chi connectivity index (χ0) is 45.0. The molecule has 6 rings (SSSR count). The zero-order valence-corrected chi connectivity index (χ0v) is 36.4. The summed E-state index contributed by atoms with van der Waals surface area (Å²) in [4.78, 5) is 63.5. The molecule has 2 aromatic rings. The number of carboxylic acids is 1. The molecule has 4 aliphatic rings. The molecule has 4 heterocycles. The van der Waals surface area contributed by atoms with E-state index in [0.29, 0.717) is 25.9 Å². The van der Waals surface area contributed by atoms with E-state index in [4.69, 9.17) is 15.6 Å². The lowest BCUT2D eigenvalue weighted by atomic mass is 9.65. The van der Waals surface area contributed by atoms with Crippen LogP contribution in [0.4, 0.5) is 13.2 Å². The smallest absolute Gasteiger partial charge is 0.475 e. The number of carboxylic acid groups (broad SMARTS) is 1. The number of hydrogen-bond donors (Lipinski definition) is 2. The summed E-state index contributed by atoms with van der Waals surface area (Å²) in [5.74, 6) is -2.75. The van der Waals surface area contributed by atoms with Gasteiger partial charge in [0.15, 0.2) is 0 Å². The molecule has 0 unspecified atom stereocenters. The molecule has 2 aromatic heterocycles. The van der Waals surface area contributed by atoms with E-state index in [0.717, 1.165) is 75.8 Å². The fraction of sp³-hybridized carbons (Fsp3) is 0.659. The molecule has 16 heteroatoms. The summed E-state index contributed by atoms with van der Waals surface area (Å²) in [6.07, 6.45) is 7.87. The number of alkyl halides is 3. The summed E-state index contributed by atoms with van der Waals surface area (Å²) in [6.45, 7) is 9.90. The highest BCUT2D eigenvalue weighted by Gasteiger charge is 2.53. The Morgan fingerprint density at radius 2 is 1.12 bits per heavy atom. The first-order valence-electron chi connectivity index (χ1n) is 20.5. The molecule has 4 fully saturated rings. The van der Waals surface area contributed by atoms with E-state index in [2.05, 4.69) is 72.2 Å². The number of primary amides is 1. The van der Waals surface area contributed by atoms with E-state index in [1.54, 1.807) is 0 Å². The molecule has 0 bridgehead atoms. The van der Waals surface area contributed by atoms with E-state index in [1.165, 1.54) is 0 Å². The Morgan fingerprint density at radius 1 is 0.750 bits per heavy atom. The maximum atomic E-state index is 12.7. The van der Waals surface area contributed by atoms with Crippen molar-refractivity contribution in [2.24, 2.45) is 27.4 Å². The topological polar surface area (TPSA) is 177 Å². The van der Waals surface area contributed by atoms with Crippen molar-refractivity contribution in [1.82, 2.24) is 29.6 Å². The van der Waals surface area contributed by atoms with Crippen LogP contribution in [0.25, 0.3) is 0 Å². The molecule has 0 atom stereocenters. The average Bonchev–Trinajstić information content (AvgIpc) is 3.65. The maximum Gasteiger partial charge on any atom is 0.490 e. The van der Waals surface area contributed by atoms with Crippen LogP contribution in [-0.4, -0.2) is 119 Å². The third-order valence-corrected chi connectivity index (χ3v) is 13.5. The maximum absolute atomic E-state index is 12.7. The van der Waals surface area contributed by atoms with Crippen molar-refractivity contribution in [2.75, 3.05) is 54.4 Å². The molecule has 330 valence electrons. The fourth-order valence-electron chi connectivity index (χ4n) is 9.52. The second-order valence-corrected chi connectivity index (χ2v) is 19.2. The quantitative estimate of drug-likeness (QED) is 0.307. The average molecular weight is 841 g/mol. The normalized spacial score (nSPS) is 27.1. The lowest BCUT2D eigenvalue weighted by Crippen LogP contribution is -2.48. The number of carbonyl (C=O) groups is 4. The van der Waals surface area contributed by atoms with Gasteiger partial charge in [0.25, 0.3) is 0 Å². The van der Waals surface area contributed by atoms with Crippen LogP contribution in [0.3, 0.4) is 0 Å². The highest BCUT2D eigenvalue weighted by atomic mass is 19.4. The zero-order valence-electron chi connectivity index (χ0n) is 36.4. The summed E-state index contributed by atoms with van der Waals surface area (Å²) in [7, 11) is 8.50. The number of likely N-dealkylation sites (tertiary alicyclic amines) is 2. The minimum absolute atomic E-state index is 0.0130. The number of carbonyl (C=O) groups excluding carboxylic acids is 3. The Balaban J connectivity index is 0.000000229. The van der Waals surface area contributed by atoms with Gasteiger partial charge in [0.05, 0.1) is 39.4 Å². The number of nitrogens with zero attached hydrogens (tertiary/aromatic N) is 7. The van der Waals surface area contributed by atoms with Gasteiger partial charge >= 0.3 is 12.1 Å². The standard InChI is InChI=1S/C21H32N4O2.C21H30N4O.C2HF3O2/c1-19(2,18(22)27)14-25-15-20(13-17(25)26)8-10-21(11-9-20,24(3)4)16-7-5-6-12-23-16;1-19(2,14-22)15-25-16-20(13-18(25)26)8-10-21(11-9-20,24(3)4)17-7-5-6-12-23-17;3-2(4,5)1(6)7/h5-7,12H,8-11,13-15H2,1-4H3,(H2,22,27);5-7,12H,8-11,13,15-16H2,1-4H3;(H,6,7). The van der Waals surface area contributed by atoms with Crippen LogP contribution >= 0.6 is 0 Å². The molecule has 2 saturated heterocycles. The number of aliphatic carboxylic acids is 1. The van der Waals surface area contributed by atoms with Crippen LogP contribution < -0.4 is 5.73 Å². The van der Waals surface area contributed by atoms with E-state index in [9.17, 15) is 32.8 Å². The minimum atomic E-state index is -5.08. The summed E-state index contributed by atoms with van der Waals surface area (Å²) in [6, 6.07) is 14.6. The fourth-order valence-corrected chi connectivity index (χ4v) is 9.52. The van der Waals surface area contributed by atoms with Crippen molar-refractivity contribution >= 4 is 23.7 Å². The third-order valence-electron chi connectivity index (χ3n) is 13.5. The Kier molecular flexibility index (Phi) is 14.5. The molecule has 2 spiro atoms. The predicted molar refractivity (Wildman–Crippen MR) is 219 cm³/mol. The molecule has 2 saturated carbocycles. The van der Waals surface area contributed by atoms with Gasteiger partial charge in [-0.1, -0.05) is 12.1 Å². The molecule has 3 N–H and O–H groups in total. The van der Waals surface area contributed by atoms with E-state index in [1.807, 2.05) is 68.1 Å². The van der Waals surface area contributed by atoms with Crippen molar-refractivity contribution in [3.8, 4) is 6.07 Å².